The van der Waals surface area contributed by atoms with E-state index in [9.17, 15) is 0 Å². The van der Waals surface area contributed by atoms with Gasteiger partial charge in [-0.15, -0.1) is 5.10 Å². The predicted octanol–water partition coefficient (Wildman–Crippen LogP) is 1.32. The quantitative estimate of drug-likeness (QED) is 0.719. The number of aromatic nitrogens is 4. The van der Waals surface area contributed by atoms with Crippen LogP contribution in [0.3, 0.4) is 0 Å². The van der Waals surface area contributed by atoms with E-state index in [-0.39, 0.29) is 0 Å². The molecule has 0 saturated carbocycles. The lowest BCUT2D eigenvalue weighted by atomic mass is 10.2. The van der Waals surface area contributed by atoms with E-state index in [1.54, 1.807) is 6.07 Å². The highest BCUT2D eigenvalue weighted by atomic mass is 35.5. The summed E-state index contributed by atoms with van der Waals surface area (Å²) in [5, 5.41) is 13.7. The molecular weight excluding hydrogens is 176 g/mol. The molecule has 1 radical (unpaired) electrons. The van der Waals surface area contributed by atoms with Gasteiger partial charge in [-0.05, 0) is 16.5 Å². The molecule has 0 unspecified atom stereocenters. The number of nitrogens with one attached hydrogen (secondary N) is 1. The van der Waals surface area contributed by atoms with Gasteiger partial charge < -0.3 is 0 Å². The number of rotatable bonds is 1. The minimum absolute atomic E-state index is 0.510. The number of nitrogens with zero attached hydrogens (tertiary/aromatic N) is 3. The molecule has 0 atom stereocenters. The standard InChI is InChI=1S/C7H4ClN4/c8-6-4-2-1-3-5(6)7-9-11-12-10-7/h1-3H,(H,9,10,11,12). The van der Waals surface area contributed by atoms with Crippen LogP contribution in [0.1, 0.15) is 0 Å². The Balaban J connectivity index is 2.55. The number of hydrogen-bond donors (Lipinski definition) is 1. The Morgan fingerprint density at radius 1 is 1.50 bits per heavy atom. The molecule has 0 aliphatic rings. The van der Waals surface area contributed by atoms with Gasteiger partial charge in [-0.3, -0.25) is 0 Å². The maximum absolute atomic E-state index is 5.84. The fraction of sp³-hybridized carbons (Fsp3) is 0. The highest BCUT2D eigenvalue weighted by Gasteiger charge is 2.04. The summed E-state index contributed by atoms with van der Waals surface area (Å²) in [5.74, 6) is 0.553. The predicted molar refractivity (Wildman–Crippen MR) is 43.5 cm³/mol. The molecule has 0 aliphatic heterocycles. The zero-order valence-electron chi connectivity index (χ0n) is 5.95. The van der Waals surface area contributed by atoms with Crippen molar-refractivity contribution in [2.75, 3.05) is 0 Å². The number of tetrazole rings is 1. The average molecular weight is 180 g/mol. The van der Waals surface area contributed by atoms with Crippen molar-refractivity contribution in [3.63, 3.8) is 0 Å². The van der Waals surface area contributed by atoms with Crippen LogP contribution < -0.4 is 0 Å². The molecule has 0 spiro atoms. The summed E-state index contributed by atoms with van der Waals surface area (Å²) in [5.41, 5.74) is 0.754. The van der Waals surface area contributed by atoms with Gasteiger partial charge in [0.05, 0.1) is 5.02 Å². The molecule has 2 rings (SSSR count). The summed E-state index contributed by atoms with van der Waals surface area (Å²) in [6.45, 7) is 0. The molecule has 1 aromatic carbocycles. The second kappa shape index (κ2) is 2.91. The van der Waals surface area contributed by atoms with E-state index >= 15 is 0 Å². The number of halogens is 1. The van der Waals surface area contributed by atoms with Gasteiger partial charge in [0, 0.05) is 11.6 Å². The molecule has 0 saturated heterocycles. The minimum Gasteiger partial charge on any atom is -0.239 e. The Kier molecular flexibility index (Phi) is 1.75. The Morgan fingerprint density at radius 3 is 3.08 bits per heavy atom. The van der Waals surface area contributed by atoms with Crippen molar-refractivity contribution in [1.82, 2.24) is 20.6 Å². The molecule has 1 aromatic heterocycles. The minimum atomic E-state index is 0.510. The van der Waals surface area contributed by atoms with Crippen LogP contribution in [0.5, 0.6) is 0 Å². The van der Waals surface area contributed by atoms with Crippen LogP contribution in [0, 0.1) is 6.07 Å². The van der Waals surface area contributed by atoms with E-state index in [4.69, 9.17) is 11.6 Å². The Morgan fingerprint density at radius 2 is 2.42 bits per heavy atom. The molecule has 59 valence electrons. The second-order valence-corrected chi connectivity index (χ2v) is 2.53. The number of benzene rings is 1. The maximum Gasteiger partial charge on any atom is 0.180 e. The van der Waals surface area contributed by atoms with E-state index in [0.717, 1.165) is 5.56 Å². The first-order valence-corrected chi connectivity index (χ1v) is 3.66. The molecule has 4 nitrogen and oxygen atoms in total. The number of hydrogen-bond acceptors (Lipinski definition) is 3. The van der Waals surface area contributed by atoms with Crippen molar-refractivity contribution in [3.05, 3.63) is 29.3 Å². The third kappa shape index (κ3) is 1.16. The molecule has 1 heterocycles. The van der Waals surface area contributed by atoms with Gasteiger partial charge >= 0.3 is 0 Å². The first kappa shape index (κ1) is 7.24. The van der Waals surface area contributed by atoms with Gasteiger partial charge in [-0.2, -0.15) is 0 Å². The molecule has 12 heavy (non-hydrogen) atoms. The van der Waals surface area contributed by atoms with Crippen LogP contribution in [0.15, 0.2) is 18.2 Å². The molecule has 0 amide bonds. The first-order chi connectivity index (χ1) is 5.88. The molecule has 5 heteroatoms. The molecule has 0 aliphatic carbocycles. The zero-order chi connectivity index (χ0) is 8.39. The van der Waals surface area contributed by atoms with Crippen LogP contribution in [-0.2, 0) is 0 Å². The highest BCUT2D eigenvalue weighted by Crippen LogP contribution is 2.22. The maximum atomic E-state index is 5.84. The Bertz CT molecular complexity index is 371. The summed E-state index contributed by atoms with van der Waals surface area (Å²) in [6, 6.07) is 8.21. The molecule has 2 aromatic rings. The molecule has 1 N–H and O–H groups in total. The van der Waals surface area contributed by atoms with Crippen LogP contribution in [0.4, 0.5) is 0 Å². The van der Waals surface area contributed by atoms with E-state index in [1.165, 1.54) is 0 Å². The van der Waals surface area contributed by atoms with Gasteiger partial charge in [0.25, 0.3) is 0 Å². The van der Waals surface area contributed by atoms with E-state index < -0.39 is 0 Å². The molecule has 0 fully saturated rings. The van der Waals surface area contributed by atoms with Crippen molar-refractivity contribution in [2.45, 2.75) is 0 Å². The lowest BCUT2D eigenvalue weighted by molar-refractivity contribution is 0.881. The van der Waals surface area contributed by atoms with Crippen molar-refractivity contribution in [1.29, 1.82) is 0 Å². The van der Waals surface area contributed by atoms with Crippen molar-refractivity contribution in [2.24, 2.45) is 0 Å². The largest absolute Gasteiger partial charge is 0.239 e. The normalized spacial score (nSPS) is 10.1. The first-order valence-electron chi connectivity index (χ1n) is 3.28. The summed E-state index contributed by atoms with van der Waals surface area (Å²) in [6.07, 6.45) is 0. The second-order valence-electron chi connectivity index (χ2n) is 2.15. The third-order valence-electron chi connectivity index (χ3n) is 1.41. The van der Waals surface area contributed by atoms with Crippen molar-refractivity contribution < 1.29 is 0 Å². The lowest BCUT2D eigenvalue weighted by Gasteiger charge is -1.95. The molecule has 0 bridgehead atoms. The SMILES string of the molecule is Clc1[c]cccc1-c1nnn[nH]1. The van der Waals surface area contributed by atoms with E-state index in [0.29, 0.717) is 10.8 Å². The van der Waals surface area contributed by atoms with E-state index in [2.05, 4.69) is 26.7 Å². The van der Waals surface area contributed by atoms with Crippen LogP contribution in [0.25, 0.3) is 11.4 Å². The monoisotopic (exact) mass is 179 g/mol. The summed E-state index contributed by atoms with van der Waals surface area (Å²) < 4.78 is 0. The van der Waals surface area contributed by atoms with Crippen molar-refractivity contribution in [3.8, 4) is 11.4 Å². The van der Waals surface area contributed by atoms with Crippen LogP contribution in [-0.4, -0.2) is 20.6 Å². The Hall–Kier alpha value is -1.42. The lowest BCUT2D eigenvalue weighted by Crippen LogP contribution is -1.81. The Labute approximate surface area is 73.6 Å². The molecular formula is C7H4ClN4. The fourth-order valence-corrected chi connectivity index (χ4v) is 1.09. The van der Waals surface area contributed by atoms with Gasteiger partial charge in [0.2, 0.25) is 0 Å². The fourth-order valence-electron chi connectivity index (χ4n) is 0.873. The zero-order valence-corrected chi connectivity index (χ0v) is 6.71. The van der Waals surface area contributed by atoms with E-state index in [1.807, 2.05) is 12.1 Å². The summed E-state index contributed by atoms with van der Waals surface area (Å²) in [7, 11) is 0. The average Bonchev–Trinajstić information content (AvgIpc) is 2.57. The summed E-state index contributed by atoms with van der Waals surface area (Å²) >= 11 is 5.84. The summed E-state index contributed by atoms with van der Waals surface area (Å²) in [4.78, 5) is 0. The van der Waals surface area contributed by atoms with Crippen molar-refractivity contribution >= 4 is 11.6 Å². The topological polar surface area (TPSA) is 54.5 Å². The smallest absolute Gasteiger partial charge is 0.180 e. The number of aromatic amines is 1. The van der Waals surface area contributed by atoms with Gasteiger partial charge in [0.1, 0.15) is 0 Å². The number of H-pyrrole nitrogens is 1. The van der Waals surface area contributed by atoms with Gasteiger partial charge in [-0.25, -0.2) is 5.10 Å². The van der Waals surface area contributed by atoms with Gasteiger partial charge in [0.15, 0.2) is 5.82 Å². The van der Waals surface area contributed by atoms with Gasteiger partial charge in [-0.1, -0.05) is 23.7 Å². The third-order valence-corrected chi connectivity index (χ3v) is 1.72. The van der Waals surface area contributed by atoms with Crippen LogP contribution in [0.2, 0.25) is 5.02 Å². The van der Waals surface area contributed by atoms with Crippen LogP contribution >= 0.6 is 11.6 Å². The highest BCUT2D eigenvalue weighted by molar-refractivity contribution is 6.32.